The number of carbonyl (C=O) groups is 1. The minimum absolute atomic E-state index is 0.0261. The van der Waals surface area contributed by atoms with Crippen LogP contribution in [0, 0.1) is 5.82 Å². The lowest BCUT2D eigenvalue weighted by Crippen LogP contribution is -2.38. The Labute approximate surface area is 201 Å². The number of hydrogen-bond acceptors (Lipinski definition) is 5. The highest BCUT2D eigenvalue weighted by Crippen LogP contribution is 2.46. The first kappa shape index (κ1) is 25.9. The molecule has 1 aliphatic rings. The van der Waals surface area contributed by atoms with Crippen molar-refractivity contribution in [3.63, 3.8) is 0 Å². The average molecular weight is 470 g/mol. The Kier molecular flexibility index (Phi) is 8.16. The van der Waals surface area contributed by atoms with Crippen molar-refractivity contribution in [2.45, 2.75) is 83.3 Å². The van der Waals surface area contributed by atoms with Gasteiger partial charge in [0.05, 0.1) is 24.7 Å². The summed E-state index contributed by atoms with van der Waals surface area (Å²) in [5.74, 6) is -0.809. The number of fused-ring (bicyclic) bond motifs is 1. The monoisotopic (exact) mass is 469 g/mol. The molecule has 2 aromatic rings. The number of benzene rings is 2. The molecule has 5 nitrogen and oxygen atoms in total. The maximum atomic E-state index is 13.6. The standard InChI is InChI=1S/C28H36FNO4/c1-18(2)30-24-9-7-6-8-23(24)27(19-10-12-20(29)13-11-19)25(30)15-14-21(31)16-22(32)17-26(33)34-28(3,4)5/h6-15,18,21-22,25,27,31-32H,16-17H2,1-5H3/b15-14+/t21-,22+,25-,27+/m1/s1. The predicted octanol–water partition coefficient (Wildman–Crippen LogP) is 4.95. The van der Waals surface area contributed by atoms with Crippen molar-refractivity contribution in [3.05, 3.63) is 77.6 Å². The summed E-state index contributed by atoms with van der Waals surface area (Å²) in [7, 11) is 0. The summed E-state index contributed by atoms with van der Waals surface area (Å²) in [4.78, 5) is 14.3. The molecule has 2 aromatic carbocycles. The highest BCUT2D eigenvalue weighted by Gasteiger charge is 2.39. The van der Waals surface area contributed by atoms with Crippen LogP contribution in [0.4, 0.5) is 10.1 Å². The zero-order chi connectivity index (χ0) is 25.0. The average Bonchev–Trinajstić information content (AvgIpc) is 3.05. The molecule has 0 saturated heterocycles. The SMILES string of the molecule is CC(C)N1c2ccccc2[C@H](c2ccc(F)cc2)[C@H]1/C=C/[C@@H](O)C[C@H](O)CC(=O)OC(C)(C)C. The van der Waals surface area contributed by atoms with Gasteiger partial charge in [-0.25, -0.2) is 4.39 Å². The van der Waals surface area contributed by atoms with Crippen LogP contribution in [0.25, 0.3) is 0 Å². The van der Waals surface area contributed by atoms with Crippen LogP contribution in [0.3, 0.4) is 0 Å². The second-order valence-electron chi connectivity index (χ2n) is 10.2. The van der Waals surface area contributed by atoms with E-state index in [1.807, 2.05) is 30.3 Å². The summed E-state index contributed by atoms with van der Waals surface area (Å²) >= 11 is 0. The molecule has 0 radical (unpaired) electrons. The van der Waals surface area contributed by atoms with Gasteiger partial charge in [0.1, 0.15) is 11.4 Å². The van der Waals surface area contributed by atoms with Gasteiger partial charge < -0.3 is 19.8 Å². The maximum Gasteiger partial charge on any atom is 0.308 e. The number of carbonyl (C=O) groups excluding carboxylic acids is 1. The number of ether oxygens (including phenoxy) is 1. The van der Waals surface area contributed by atoms with Gasteiger partial charge in [0.25, 0.3) is 0 Å². The van der Waals surface area contributed by atoms with Gasteiger partial charge in [0.2, 0.25) is 0 Å². The number of aliphatic hydroxyl groups is 2. The van der Waals surface area contributed by atoms with E-state index < -0.39 is 23.8 Å². The van der Waals surface area contributed by atoms with Gasteiger partial charge in [-0.05, 0) is 63.9 Å². The van der Waals surface area contributed by atoms with E-state index in [-0.39, 0.29) is 36.7 Å². The second-order valence-corrected chi connectivity index (χ2v) is 10.2. The summed E-state index contributed by atoms with van der Waals surface area (Å²) in [5, 5.41) is 20.9. The molecule has 0 bridgehead atoms. The van der Waals surface area contributed by atoms with Crippen LogP contribution in [0.2, 0.25) is 0 Å². The third-order valence-corrected chi connectivity index (χ3v) is 5.86. The molecule has 0 saturated carbocycles. The minimum Gasteiger partial charge on any atom is -0.460 e. The zero-order valence-corrected chi connectivity index (χ0v) is 20.6. The van der Waals surface area contributed by atoms with Gasteiger partial charge in [-0.2, -0.15) is 0 Å². The Bertz CT molecular complexity index is 996. The van der Waals surface area contributed by atoms with Gasteiger partial charge >= 0.3 is 5.97 Å². The van der Waals surface area contributed by atoms with Crippen molar-refractivity contribution in [2.24, 2.45) is 0 Å². The van der Waals surface area contributed by atoms with E-state index in [4.69, 9.17) is 4.74 Å². The van der Waals surface area contributed by atoms with Crippen molar-refractivity contribution in [1.29, 1.82) is 0 Å². The molecular formula is C28H36FNO4. The normalized spacial score (nSPS) is 20.0. The van der Waals surface area contributed by atoms with Crippen LogP contribution in [0.5, 0.6) is 0 Å². The number of para-hydroxylation sites is 1. The largest absolute Gasteiger partial charge is 0.460 e. The first-order valence-corrected chi connectivity index (χ1v) is 11.9. The summed E-state index contributed by atoms with van der Waals surface area (Å²) in [5.41, 5.74) is 2.63. The molecule has 0 aliphatic carbocycles. The molecule has 1 heterocycles. The van der Waals surface area contributed by atoms with Crippen LogP contribution >= 0.6 is 0 Å². The Hall–Kier alpha value is -2.70. The van der Waals surface area contributed by atoms with Gasteiger partial charge in [0, 0.05) is 24.1 Å². The van der Waals surface area contributed by atoms with Crippen molar-refractivity contribution < 1.29 is 24.1 Å². The fraction of sp³-hybridized carbons (Fsp3) is 0.464. The van der Waals surface area contributed by atoms with Crippen molar-refractivity contribution in [1.82, 2.24) is 0 Å². The molecule has 0 spiro atoms. The molecule has 4 atom stereocenters. The van der Waals surface area contributed by atoms with Gasteiger partial charge in [0.15, 0.2) is 0 Å². The van der Waals surface area contributed by atoms with E-state index in [1.54, 1.807) is 26.8 Å². The van der Waals surface area contributed by atoms with Crippen LogP contribution in [0.1, 0.15) is 64.5 Å². The van der Waals surface area contributed by atoms with Gasteiger partial charge in [-0.1, -0.05) is 42.5 Å². The van der Waals surface area contributed by atoms with Crippen molar-refractivity contribution >= 4 is 11.7 Å². The molecule has 0 fully saturated rings. The molecular weight excluding hydrogens is 433 g/mol. The van der Waals surface area contributed by atoms with E-state index in [9.17, 15) is 19.4 Å². The molecule has 0 aromatic heterocycles. The number of nitrogens with zero attached hydrogens (tertiary/aromatic N) is 1. The van der Waals surface area contributed by atoms with Crippen LogP contribution in [-0.2, 0) is 9.53 Å². The number of rotatable bonds is 8. The number of aliphatic hydroxyl groups excluding tert-OH is 2. The third-order valence-electron chi connectivity index (χ3n) is 5.86. The zero-order valence-electron chi connectivity index (χ0n) is 20.6. The van der Waals surface area contributed by atoms with E-state index >= 15 is 0 Å². The van der Waals surface area contributed by atoms with Gasteiger partial charge in [-0.15, -0.1) is 0 Å². The Balaban J connectivity index is 1.80. The number of anilines is 1. The maximum absolute atomic E-state index is 13.6. The lowest BCUT2D eigenvalue weighted by Gasteiger charge is -2.32. The summed E-state index contributed by atoms with van der Waals surface area (Å²) in [6.07, 6.45) is 1.55. The molecule has 0 unspecified atom stereocenters. The van der Waals surface area contributed by atoms with E-state index in [0.717, 1.165) is 16.8 Å². The number of halogens is 1. The molecule has 6 heteroatoms. The highest BCUT2D eigenvalue weighted by molar-refractivity contribution is 5.70. The Morgan fingerprint density at radius 2 is 1.76 bits per heavy atom. The quantitative estimate of drug-likeness (QED) is 0.423. The summed E-state index contributed by atoms with van der Waals surface area (Å²) in [6, 6.07) is 14.8. The fourth-order valence-electron chi connectivity index (χ4n) is 4.62. The lowest BCUT2D eigenvalue weighted by atomic mass is 9.87. The van der Waals surface area contributed by atoms with E-state index in [1.165, 1.54) is 12.1 Å². The van der Waals surface area contributed by atoms with Gasteiger partial charge in [-0.3, -0.25) is 4.79 Å². The molecule has 0 amide bonds. The number of esters is 1. The third kappa shape index (κ3) is 6.45. The molecule has 2 N–H and O–H groups in total. The molecule has 184 valence electrons. The molecule has 34 heavy (non-hydrogen) atoms. The lowest BCUT2D eigenvalue weighted by molar-refractivity contribution is -0.157. The smallest absolute Gasteiger partial charge is 0.308 e. The Morgan fingerprint density at radius 3 is 2.38 bits per heavy atom. The topological polar surface area (TPSA) is 70.0 Å². The summed E-state index contributed by atoms with van der Waals surface area (Å²) in [6.45, 7) is 9.54. The van der Waals surface area contributed by atoms with E-state index in [2.05, 4.69) is 30.9 Å². The van der Waals surface area contributed by atoms with Crippen molar-refractivity contribution in [3.8, 4) is 0 Å². The Morgan fingerprint density at radius 1 is 1.12 bits per heavy atom. The first-order valence-electron chi connectivity index (χ1n) is 11.9. The fourth-order valence-corrected chi connectivity index (χ4v) is 4.62. The summed E-state index contributed by atoms with van der Waals surface area (Å²) < 4.78 is 18.9. The van der Waals surface area contributed by atoms with E-state index in [0.29, 0.717) is 0 Å². The van der Waals surface area contributed by atoms with Crippen LogP contribution in [0.15, 0.2) is 60.7 Å². The molecule has 3 rings (SSSR count). The van der Waals surface area contributed by atoms with Crippen LogP contribution in [-0.4, -0.2) is 46.1 Å². The highest BCUT2D eigenvalue weighted by atomic mass is 19.1. The first-order chi connectivity index (χ1) is 16.0. The molecule has 1 aliphatic heterocycles. The minimum atomic E-state index is -1.01. The number of hydrogen-bond donors (Lipinski definition) is 2. The second kappa shape index (κ2) is 10.7. The van der Waals surface area contributed by atoms with Crippen molar-refractivity contribution in [2.75, 3.05) is 4.90 Å². The predicted molar refractivity (Wildman–Crippen MR) is 132 cm³/mol. The van der Waals surface area contributed by atoms with Crippen LogP contribution < -0.4 is 4.90 Å².